The van der Waals surface area contributed by atoms with Gasteiger partial charge < -0.3 is 0 Å². The molecule has 4 aromatic carbocycles. The van der Waals surface area contributed by atoms with Crippen LogP contribution in [-0.2, 0) is 20.0 Å². The molecule has 8 heteroatoms. The van der Waals surface area contributed by atoms with Crippen molar-refractivity contribution in [3.63, 3.8) is 0 Å². The van der Waals surface area contributed by atoms with Crippen LogP contribution in [0.3, 0.4) is 0 Å². The first-order valence-corrected chi connectivity index (χ1v) is 13.3. The standard InChI is InChI=1S/C26H21NO5S2/c28-26(22-15-7-2-8-16-22)25(21-13-5-1-6-14-21)27(33(29,30)23-17-9-3-10-18-23)34(31,32)24-19-11-4-12-20-24/h1-20,25H. The SMILES string of the molecule is O=C(c1ccccc1)C(c1ccccc1)N(S(=O)(=O)c1ccccc1)S(=O)(=O)c1ccccc1. The number of ketones is 1. The molecule has 4 aromatic rings. The van der Waals surface area contributed by atoms with E-state index in [2.05, 4.69) is 0 Å². The molecule has 0 spiro atoms. The molecular weight excluding hydrogens is 470 g/mol. The Balaban J connectivity index is 2.03. The molecule has 1 unspecified atom stereocenters. The number of nitrogens with zero attached hydrogens (tertiary/aromatic N) is 1. The highest BCUT2D eigenvalue weighted by Crippen LogP contribution is 2.36. The van der Waals surface area contributed by atoms with Gasteiger partial charge in [0.2, 0.25) is 0 Å². The molecule has 0 fully saturated rings. The predicted octanol–water partition coefficient (Wildman–Crippen LogP) is 4.69. The molecule has 0 aliphatic heterocycles. The summed E-state index contributed by atoms with van der Waals surface area (Å²) in [6, 6.07) is 28.9. The van der Waals surface area contributed by atoms with Crippen molar-refractivity contribution in [2.75, 3.05) is 0 Å². The van der Waals surface area contributed by atoms with E-state index in [1.165, 1.54) is 60.7 Å². The van der Waals surface area contributed by atoms with Gasteiger partial charge in [-0.15, -0.1) is 0 Å². The average Bonchev–Trinajstić information content (AvgIpc) is 2.88. The van der Waals surface area contributed by atoms with E-state index in [0.29, 0.717) is 3.71 Å². The third kappa shape index (κ3) is 4.56. The molecule has 0 saturated carbocycles. The summed E-state index contributed by atoms with van der Waals surface area (Å²) in [6.45, 7) is 0. The van der Waals surface area contributed by atoms with Crippen molar-refractivity contribution in [2.24, 2.45) is 0 Å². The fraction of sp³-hybridized carbons (Fsp3) is 0.0385. The van der Waals surface area contributed by atoms with E-state index in [1.54, 1.807) is 60.7 Å². The predicted molar refractivity (Wildman–Crippen MR) is 129 cm³/mol. The zero-order valence-corrected chi connectivity index (χ0v) is 19.6. The lowest BCUT2D eigenvalue weighted by Crippen LogP contribution is -2.43. The van der Waals surface area contributed by atoms with Gasteiger partial charge in [-0.25, -0.2) is 16.8 Å². The quantitative estimate of drug-likeness (QED) is 0.334. The first-order valence-electron chi connectivity index (χ1n) is 10.4. The lowest BCUT2D eigenvalue weighted by molar-refractivity contribution is 0.0926. The maximum absolute atomic E-state index is 13.9. The third-order valence-electron chi connectivity index (χ3n) is 5.19. The monoisotopic (exact) mass is 491 g/mol. The van der Waals surface area contributed by atoms with Crippen LogP contribution >= 0.6 is 0 Å². The molecule has 0 amide bonds. The summed E-state index contributed by atoms with van der Waals surface area (Å²) in [4.78, 5) is 13.3. The maximum atomic E-state index is 13.9. The summed E-state index contributed by atoms with van der Waals surface area (Å²) < 4.78 is 55.9. The summed E-state index contributed by atoms with van der Waals surface area (Å²) in [6.07, 6.45) is 0. The van der Waals surface area contributed by atoms with Gasteiger partial charge in [0.25, 0.3) is 20.0 Å². The lowest BCUT2D eigenvalue weighted by atomic mass is 9.98. The zero-order valence-electron chi connectivity index (χ0n) is 17.9. The number of carbonyl (C=O) groups excluding carboxylic acids is 1. The highest BCUT2D eigenvalue weighted by Gasteiger charge is 2.46. The Morgan fingerprint density at radius 1 is 0.529 bits per heavy atom. The van der Waals surface area contributed by atoms with Gasteiger partial charge in [0.1, 0.15) is 6.04 Å². The van der Waals surface area contributed by atoms with Crippen LogP contribution in [0.2, 0.25) is 0 Å². The molecule has 34 heavy (non-hydrogen) atoms. The summed E-state index contributed by atoms with van der Waals surface area (Å²) >= 11 is 0. The van der Waals surface area contributed by atoms with Gasteiger partial charge in [-0.2, -0.15) is 0 Å². The van der Waals surface area contributed by atoms with Gasteiger partial charge in [-0.05, 0) is 29.8 Å². The van der Waals surface area contributed by atoms with E-state index < -0.39 is 31.9 Å². The first-order chi connectivity index (χ1) is 16.3. The molecule has 0 aromatic heterocycles. The Morgan fingerprint density at radius 3 is 1.29 bits per heavy atom. The molecule has 0 saturated heterocycles. The van der Waals surface area contributed by atoms with Gasteiger partial charge in [-0.3, -0.25) is 4.79 Å². The molecule has 0 heterocycles. The van der Waals surface area contributed by atoms with Crippen LogP contribution < -0.4 is 0 Å². The lowest BCUT2D eigenvalue weighted by Gasteiger charge is -2.29. The van der Waals surface area contributed by atoms with Crippen LogP contribution in [0.1, 0.15) is 22.0 Å². The fourth-order valence-corrected chi connectivity index (χ4v) is 7.52. The molecule has 6 nitrogen and oxygen atoms in total. The van der Waals surface area contributed by atoms with Crippen LogP contribution in [0.15, 0.2) is 131 Å². The number of rotatable bonds is 8. The Bertz CT molecular complexity index is 1400. The van der Waals surface area contributed by atoms with E-state index in [1.807, 2.05) is 0 Å². The number of sulfonamides is 2. The second kappa shape index (κ2) is 9.72. The Morgan fingerprint density at radius 2 is 0.882 bits per heavy atom. The van der Waals surface area contributed by atoms with Crippen LogP contribution in [-0.4, -0.2) is 26.3 Å². The summed E-state index contributed by atoms with van der Waals surface area (Å²) in [5.41, 5.74) is 0.420. The summed E-state index contributed by atoms with van der Waals surface area (Å²) in [5, 5.41) is 0. The van der Waals surface area contributed by atoms with Crippen molar-refractivity contribution in [3.8, 4) is 0 Å². The largest absolute Gasteiger partial charge is 0.292 e. The van der Waals surface area contributed by atoms with Crippen molar-refractivity contribution in [1.82, 2.24) is 3.71 Å². The maximum Gasteiger partial charge on any atom is 0.257 e. The van der Waals surface area contributed by atoms with Gasteiger partial charge in [0, 0.05) is 5.56 Å². The van der Waals surface area contributed by atoms with Crippen LogP contribution in [0.5, 0.6) is 0 Å². The molecule has 172 valence electrons. The van der Waals surface area contributed by atoms with E-state index >= 15 is 0 Å². The zero-order chi connectivity index (χ0) is 24.2. The Labute approximate surface area is 199 Å². The highest BCUT2D eigenvalue weighted by atomic mass is 32.3. The van der Waals surface area contributed by atoms with Gasteiger partial charge >= 0.3 is 0 Å². The van der Waals surface area contributed by atoms with Crippen molar-refractivity contribution < 1.29 is 21.6 Å². The van der Waals surface area contributed by atoms with Gasteiger partial charge in [0.15, 0.2) is 5.78 Å². The van der Waals surface area contributed by atoms with E-state index in [0.717, 1.165) is 0 Å². The van der Waals surface area contributed by atoms with Crippen LogP contribution in [0.25, 0.3) is 0 Å². The fourth-order valence-electron chi connectivity index (χ4n) is 3.56. The highest BCUT2D eigenvalue weighted by molar-refractivity contribution is 8.04. The number of hydrogen-bond donors (Lipinski definition) is 0. The van der Waals surface area contributed by atoms with Crippen molar-refractivity contribution in [2.45, 2.75) is 15.8 Å². The topological polar surface area (TPSA) is 88.6 Å². The smallest absolute Gasteiger partial charge is 0.257 e. The third-order valence-corrected chi connectivity index (χ3v) is 9.47. The Kier molecular flexibility index (Phi) is 6.74. The molecule has 0 N–H and O–H groups in total. The van der Waals surface area contributed by atoms with E-state index in [-0.39, 0.29) is 20.9 Å². The van der Waals surface area contributed by atoms with Crippen LogP contribution in [0, 0.1) is 0 Å². The molecule has 1 atom stereocenters. The second-order valence-electron chi connectivity index (χ2n) is 7.41. The number of benzene rings is 4. The van der Waals surface area contributed by atoms with Gasteiger partial charge in [0.05, 0.1) is 9.79 Å². The Hall–Kier alpha value is -3.59. The van der Waals surface area contributed by atoms with Crippen molar-refractivity contribution >= 4 is 25.8 Å². The minimum atomic E-state index is -4.68. The van der Waals surface area contributed by atoms with Gasteiger partial charge in [-0.1, -0.05) is 101 Å². The van der Waals surface area contributed by atoms with Crippen LogP contribution in [0.4, 0.5) is 0 Å². The van der Waals surface area contributed by atoms with E-state index in [4.69, 9.17) is 0 Å². The summed E-state index contributed by atoms with van der Waals surface area (Å²) in [5.74, 6) is -0.661. The first kappa shape index (κ1) is 23.6. The van der Waals surface area contributed by atoms with E-state index in [9.17, 15) is 21.6 Å². The van der Waals surface area contributed by atoms with Crippen molar-refractivity contribution in [3.05, 3.63) is 132 Å². The summed E-state index contributed by atoms with van der Waals surface area (Å²) in [7, 11) is -9.37. The van der Waals surface area contributed by atoms with Crippen molar-refractivity contribution in [1.29, 1.82) is 0 Å². The number of carbonyl (C=O) groups is 1. The molecular formula is C26H21NO5S2. The average molecular weight is 492 g/mol. The molecule has 0 aliphatic carbocycles. The minimum Gasteiger partial charge on any atom is -0.292 e. The number of Topliss-reactive ketones (excluding diaryl/α,β-unsaturated/α-hetero) is 1. The molecule has 0 bridgehead atoms. The number of hydrogen-bond acceptors (Lipinski definition) is 5. The normalized spacial score (nSPS) is 12.9. The second-order valence-corrected chi connectivity index (χ2v) is 11.3. The molecule has 0 aliphatic rings. The minimum absolute atomic E-state index is 0.188. The molecule has 4 rings (SSSR count). The molecule has 0 radical (unpaired) electrons.